The highest BCUT2D eigenvalue weighted by Gasteiger charge is 2.13. The van der Waals surface area contributed by atoms with Gasteiger partial charge in [-0.05, 0) is 31.3 Å². The molecule has 0 saturated carbocycles. The van der Waals surface area contributed by atoms with Gasteiger partial charge in [-0.15, -0.1) is 0 Å². The number of nitrogens with zero attached hydrogens (tertiary/aromatic N) is 1. The third kappa shape index (κ3) is 4.40. The highest BCUT2D eigenvalue weighted by molar-refractivity contribution is 5.87. The second-order valence-electron chi connectivity index (χ2n) is 4.73. The lowest BCUT2D eigenvalue weighted by molar-refractivity contribution is 0.588. The van der Waals surface area contributed by atoms with Gasteiger partial charge in [0.05, 0.1) is 0 Å². The van der Waals surface area contributed by atoms with Gasteiger partial charge in [-0.2, -0.15) is 0 Å². The number of hydrogen-bond donors (Lipinski definition) is 0. The van der Waals surface area contributed by atoms with E-state index in [1.54, 1.807) is 0 Å². The normalized spacial score (nSPS) is 14.4. The van der Waals surface area contributed by atoms with Crippen molar-refractivity contribution in [3.8, 4) is 0 Å². The minimum absolute atomic E-state index is 0.157. The van der Waals surface area contributed by atoms with Gasteiger partial charge in [0.1, 0.15) is 0 Å². The molecule has 0 saturated heterocycles. The molecular formula is C13H23N. The minimum atomic E-state index is 0.157. The molecular weight excluding hydrogens is 170 g/mol. The van der Waals surface area contributed by atoms with Gasteiger partial charge < -0.3 is 0 Å². The monoisotopic (exact) mass is 193 g/mol. The Morgan fingerprint density at radius 3 is 2.14 bits per heavy atom. The Balaban J connectivity index is 4.63. The summed E-state index contributed by atoms with van der Waals surface area (Å²) in [7, 11) is 0. The summed E-state index contributed by atoms with van der Waals surface area (Å²) in [6.07, 6.45) is 2.92. The predicted octanol–water partition coefficient (Wildman–Crippen LogP) is 4.36. The smallest absolute Gasteiger partial charge is 0.0299 e. The zero-order valence-corrected chi connectivity index (χ0v) is 10.4. The standard InChI is InChI=1S/C13H23N/c1-8-10(2)11(3)9-14-12(4)13(5,6)7/h9H,2,8H2,1,3-7H3/b11-9+,14-12+. The highest BCUT2D eigenvalue weighted by Crippen LogP contribution is 2.17. The van der Waals surface area contributed by atoms with Gasteiger partial charge in [0, 0.05) is 11.9 Å². The average molecular weight is 193 g/mol. The zero-order chi connectivity index (χ0) is 11.4. The van der Waals surface area contributed by atoms with Gasteiger partial charge in [0.2, 0.25) is 0 Å². The SMILES string of the molecule is C=C(CC)/C(C)=C/N=C(\C)C(C)(C)C. The molecule has 0 aromatic carbocycles. The summed E-state index contributed by atoms with van der Waals surface area (Å²) < 4.78 is 0. The average Bonchev–Trinajstić information content (AvgIpc) is 2.10. The summed E-state index contributed by atoms with van der Waals surface area (Å²) in [5.41, 5.74) is 3.65. The second kappa shape index (κ2) is 5.14. The molecule has 0 unspecified atom stereocenters. The van der Waals surface area contributed by atoms with Crippen molar-refractivity contribution < 1.29 is 0 Å². The highest BCUT2D eigenvalue weighted by atomic mass is 14.7. The first kappa shape index (κ1) is 13.2. The van der Waals surface area contributed by atoms with Crippen molar-refractivity contribution in [1.29, 1.82) is 0 Å². The van der Waals surface area contributed by atoms with Crippen molar-refractivity contribution in [2.75, 3.05) is 0 Å². The third-order valence-corrected chi connectivity index (χ3v) is 2.52. The fourth-order valence-corrected chi connectivity index (χ4v) is 0.757. The van der Waals surface area contributed by atoms with E-state index < -0.39 is 0 Å². The molecule has 0 amide bonds. The molecule has 14 heavy (non-hydrogen) atoms. The molecule has 0 N–H and O–H groups in total. The van der Waals surface area contributed by atoms with E-state index >= 15 is 0 Å². The molecule has 0 spiro atoms. The maximum Gasteiger partial charge on any atom is 0.0299 e. The zero-order valence-electron chi connectivity index (χ0n) is 10.4. The Morgan fingerprint density at radius 1 is 1.29 bits per heavy atom. The third-order valence-electron chi connectivity index (χ3n) is 2.52. The first-order valence-corrected chi connectivity index (χ1v) is 5.18. The molecule has 0 rings (SSSR count). The summed E-state index contributed by atoms with van der Waals surface area (Å²) in [4.78, 5) is 4.46. The molecule has 0 bridgehead atoms. The van der Waals surface area contributed by atoms with Gasteiger partial charge >= 0.3 is 0 Å². The second-order valence-corrected chi connectivity index (χ2v) is 4.73. The van der Waals surface area contributed by atoms with Crippen LogP contribution in [0.5, 0.6) is 0 Å². The van der Waals surface area contributed by atoms with E-state index in [1.807, 2.05) is 6.20 Å². The van der Waals surface area contributed by atoms with Crippen LogP contribution in [0, 0.1) is 5.41 Å². The minimum Gasteiger partial charge on any atom is -0.265 e. The van der Waals surface area contributed by atoms with Gasteiger partial charge in [0.15, 0.2) is 0 Å². The van der Waals surface area contributed by atoms with Crippen LogP contribution in [0.4, 0.5) is 0 Å². The molecule has 0 fully saturated rings. The van der Waals surface area contributed by atoms with E-state index in [0.29, 0.717) is 0 Å². The summed E-state index contributed by atoms with van der Waals surface area (Å²) in [6.45, 7) is 16.7. The summed E-state index contributed by atoms with van der Waals surface area (Å²) in [5.74, 6) is 0. The molecule has 0 aliphatic heterocycles. The fourth-order valence-electron chi connectivity index (χ4n) is 0.757. The van der Waals surface area contributed by atoms with E-state index in [4.69, 9.17) is 0 Å². The van der Waals surface area contributed by atoms with Crippen molar-refractivity contribution in [3.05, 3.63) is 23.9 Å². The molecule has 0 aromatic heterocycles. The molecule has 0 radical (unpaired) electrons. The Morgan fingerprint density at radius 2 is 1.79 bits per heavy atom. The van der Waals surface area contributed by atoms with E-state index in [2.05, 4.69) is 53.1 Å². The number of hydrogen-bond acceptors (Lipinski definition) is 1. The Kier molecular flexibility index (Phi) is 4.82. The van der Waals surface area contributed by atoms with E-state index in [0.717, 1.165) is 17.7 Å². The first-order chi connectivity index (χ1) is 6.29. The van der Waals surface area contributed by atoms with Crippen molar-refractivity contribution in [2.24, 2.45) is 10.4 Å². The predicted molar refractivity (Wildman–Crippen MR) is 65.8 cm³/mol. The van der Waals surface area contributed by atoms with Crippen molar-refractivity contribution >= 4 is 5.71 Å². The lowest BCUT2D eigenvalue weighted by Crippen LogP contribution is -2.16. The van der Waals surface area contributed by atoms with Gasteiger partial charge in [-0.25, -0.2) is 0 Å². The molecule has 0 aliphatic rings. The molecule has 0 aliphatic carbocycles. The van der Waals surface area contributed by atoms with Crippen LogP contribution in [0.3, 0.4) is 0 Å². The fraction of sp³-hybridized carbons (Fsp3) is 0.615. The summed E-state index contributed by atoms with van der Waals surface area (Å²) >= 11 is 0. The first-order valence-electron chi connectivity index (χ1n) is 5.18. The molecule has 80 valence electrons. The lowest BCUT2D eigenvalue weighted by Gasteiger charge is -2.17. The Bertz CT molecular complexity index is 261. The Hall–Kier alpha value is -0.850. The van der Waals surface area contributed by atoms with Gasteiger partial charge in [-0.3, -0.25) is 4.99 Å². The largest absolute Gasteiger partial charge is 0.265 e. The summed E-state index contributed by atoms with van der Waals surface area (Å²) in [5, 5.41) is 0. The van der Waals surface area contributed by atoms with Crippen LogP contribution in [0.25, 0.3) is 0 Å². The van der Waals surface area contributed by atoms with Crippen LogP contribution in [0.2, 0.25) is 0 Å². The van der Waals surface area contributed by atoms with E-state index in [-0.39, 0.29) is 5.41 Å². The molecule has 1 heteroatoms. The van der Waals surface area contributed by atoms with Crippen molar-refractivity contribution in [2.45, 2.75) is 48.0 Å². The van der Waals surface area contributed by atoms with E-state index in [9.17, 15) is 0 Å². The van der Waals surface area contributed by atoms with Crippen molar-refractivity contribution in [3.63, 3.8) is 0 Å². The molecule has 0 atom stereocenters. The maximum absolute atomic E-state index is 4.46. The topological polar surface area (TPSA) is 12.4 Å². The van der Waals surface area contributed by atoms with Crippen LogP contribution in [-0.4, -0.2) is 5.71 Å². The Labute approximate surface area is 88.6 Å². The van der Waals surface area contributed by atoms with Crippen LogP contribution in [0.15, 0.2) is 28.9 Å². The van der Waals surface area contributed by atoms with Gasteiger partial charge in [0.25, 0.3) is 0 Å². The number of allylic oxidation sites excluding steroid dienone is 2. The quantitative estimate of drug-likeness (QED) is 0.466. The molecule has 0 aromatic rings. The molecule has 0 heterocycles. The van der Waals surface area contributed by atoms with E-state index in [1.165, 1.54) is 5.57 Å². The van der Waals surface area contributed by atoms with Crippen LogP contribution in [0.1, 0.15) is 48.0 Å². The lowest BCUT2D eigenvalue weighted by atomic mass is 9.91. The van der Waals surface area contributed by atoms with Crippen LogP contribution in [-0.2, 0) is 0 Å². The summed E-state index contributed by atoms with van der Waals surface area (Å²) in [6, 6.07) is 0. The number of aliphatic imine (C=N–C) groups is 1. The van der Waals surface area contributed by atoms with Gasteiger partial charge in [-0.1, -0.05) is 39.8 Å². The van der Waals surface area contributed by atoms with Crippen molar-refractivity contribution in [1.82, 2.24) is 0 Å². The maximum atomic E-state index is 4.46. The number of rotatable bonds is 3. The molecule has 1 nitrogen and oxygen atoms in total. The van der Waals surface area contributed by atoms with Crippen LogP contribution < -0.4 is 0 Å². The van der Waals surface area contributed by atoms with Crippen LogP contribution >= 0.6 is 0 Å².